The molecule has 2 atom stereocenters. The van der Waals surface area contributed by atoms with E-state index in [1.165, 1.54) is 23.5 Å². The summed E-state index contributed by atoms with van der Waals surface area (Å²) in [4.78, 5) is 30.6. The van der Waals surface area contributed by atoms with Crippen molar-refractivity contribution >= 4 is 28.4 Å². The summed E-state index contributed by atoms with van der Waals surface area (Å²) in [6.07, 6.45) is 3.15. The maximum atomic E-state index is 13.0. The Morgan fingerprint density at radius 1 is 1.35 bits per heavy atom. The second kappa shape index (κ2) is 8.27. The summed E-state index contributed by atoms with van der Waals surface area (Å²) >= 11 is 1.37. The normalized spacial score (nSPS) is 18.2. The zero-order chi connectivity index (χ0) is 18.5. The van der Waals surface area contributed by atoms with Crippen LogP contribution in [0.15, 0.2) is 35.8 Å². The number of amides is 3. The summed E-state index contributed by atoms with van der Waals surface area (Å²) in [7, 11) is 0. The molecular weight excluding hydrogens is 355 g/mol. The van der Waals surface area contributed by atoms with Gasteiger partial charge in [-0.2, -0.15) is 0 Å². The number of rotatable bonds is 4. The van der Waals surface area contributed by atoms with Crippen molar-refractivity contribution in [3.05, 3.63) is 47.2 Å². The summed E-state index contributed by atoms with van der Waals surface area (Å²) in [5, 5.41) is 8.08. The van der Waals surface area contributed by atoms with Crippen LogP contribution in [0, 0.1) is 11.7 Å². The van der Waals surface area contributed by atoms with Crippen LogP contribution in [0.25, 0.3) is 0 Å². The highest BCUT2D eigenvalue weighted by Gasteiger charge is 2.29. The predicted molar refractivity (Wildman–Crippen MR) is 98.4 cm³/mol. The van der Waals surface area contributed by atoms with Crippen LogP contribution in [0.2, 0.25) is 0 Å². The van der Waals surface area contributed by atoms with Crippen molar-refractivity contribution < 1.29 is 14.0 Å². The number of likely N-dealkylation sites (tertiary alicyclic amines) is 1. The highest BCUT2D eigenvalue weighted by Crippen LogP contribution is 2.21. The van der Waals surface area contributed by atoms with Crippen molar-refractivity contribution in [1.82, 2.24) is 15.2 Å². The molecule has 1 aromatic carbocycles. The Balaban J connectivity index is 1.55. The van der Waals surface area contributed by atoms with E-state index in [1.54, 1.807) is 28.6 Å². The third-order valence-electron chi connectivity index (χ3n) is 4.45. The van der Waals surface area contributed by atoms with Gasteiger partial charge in [0.15, 0.2) is 5.13 Å². The maximum absolute atomic E-state index is 13.0. The Bertz CT molecular complexity index is 751. The number of aromatic nitrogens is 1. The number of nitrogens with one attached hydrogen (secondary N) is 2. The lowest BCUT2D eigenvalue weighted by molar-refractivity contribution is -0.121. The van der Waals surface area contributed by atoms with Crippen LogP contribution in [0.4, 0.5) is 14.3 Å². The zero-order valence-corrected chi connectivity index (χ0v) is 15.3. The largest absolute Gasteiger partial charge is 0.331 e. The number of nitrogens with zero attached hydrogens (tertiary/aromatic N) is 2. The number of hydrogen-bond donors (Lipinski definition) is 2. The van der Waals surface area contributed by atoms with Crippen LogP contribution in [0.3, 0.4) is 0 Å². The molecule has 2 aromatic rings. The number of carbonyl (C=O) groups is 2. The average molecular weight is 376 g/mol. The van der Waals surface area contributed by atoms with Gasteiger partial charge >= 0.3 is 6.03 Å². The van der Waals surface area contributed by atoms with Gasteiger partial charge in [-0.05, 0) is 37.5 Å². The molecule has 6 nitrogen and oxygen atoms in total. The number of piperidine rings is 1. The molecule has 26 heavy (non-hydrogen) atoms. The number of anilines is 1. The minimum Gasteiger partial charge on any atom is -0.331 e. The van der Waals surface area contributed by atoms with E-state index in [2.05, 4.69) is 15.6 Å². The quantitative estimate of drug-likeness (QED) is 0.859. The van der Waals surface area contributed by atoms with Crippen molar-refractivity contribution in [2.75, 3.05) is 18.4 Å². The van der Waals surface area contributed by atoms with Gasteiger partial charge in [-0.15, -0.1) is 11.3 Å². The molecule has 2 heterocycles. The highest BCUT2D eigenvalue weighted by atomic mass is 32.1. The molecule has 1 fully saturated rings. The molecule has 0 aliphatic carbocycles. The molecule has 3 amide bonds. The minimum atomic E-state index is -0.308. The summed E-state index contributed by atoms with van der Waals surface area (Å²) in [6, 6.07) is 5.60. The van der Waals surface area contributed by atoms with Crippen LogP contribution in [-0.4, -0.2) is 34.9 Å². The fourth-order valence-electron chi connectivity index (χ4n) is 2.98. The lowest BCUT2D eigenvalue weighted by Gasteiger charge is -2.32. The molecule has 0 unspecified atom stereocenters. The van der Waals surface area contributed by atoms with Gasteiger partial charge in [0.25, 0.3) is 0 Å². The molecule has 1 saturated heterocycles. The molecule has 1 aromatic heterocycles. The zero-order valence-electron chi connectivity index (χ0n) is 14.4. The van der Waals surface area contributed by atoms with Crippen LogP contribution < -0.4 is 10.6 Å². The van der Waals surface area contributed by atoms with Crippen molar-refractivity contribution in [2.45, 2.75) is 25.8 Å². The number of hydrogen-bond acceptors (Lipinski definition) is 4. The molecule has 2 N–H and O–H groups in total. The third-order valence-corrected chi connectivity index (χ3v) is 5.14. The van der Waals surface area contributed by atoms with Gasteiger partial charge in [-0.25, -0.2) is 14.2 Å². The van der Waals surface area contributed by atoms with Crippen molar-refractivity contribution in [1.29, 1.82) is 0 Å². The summed E-state index contributed by atoms with van der Waals surface area (Å²) in [5.74, 6) is -0.666. The van der Waals surface area contributed by atoms with E-state index in [-0.39, 0.29) is 29.7 Å². The van der Waals surface area contributed by atoms with E-state index in [0.29, 0.717) is 18.2 Å². The smallest absolute Gasteiger partial charge is 0.317 e. The molecular formula is C18H21FN4O2S. The lowest BCUT2D eigenvalue weighted by Crippen LogP contribution is -2.48. The molecule has 0 saturated carbocycles. The van der Waals surface area contributed by atoms with Crippen LogP contribution in [0.1, 0.15) is 31.4 Å². The van der Waals surface area contributed by atoms with Crippen LogP contribution in [0.5, 0.6) is 0 Å². The first kappa shape index (κ1) is 18.3. The summed E-state index contributed by atoms with van der Waals surface area (Å²) in [6.45, 7) is 2.84. The molecule has 1 aliphatic rings. The molecule has 138 valence electrons. The van der Waals surface area contributed by atoms with E-state index in [4.69, 9.17) is 0 Å². The predicted octanol–water partition coefficient (Wildman–Crippen LogP) is 3.40. The van der Waals surface area contributed by atoms with Gasteiger partial charge in [0.1, 0.15) is 5.82 Å². The molecule has 8 heteroatoms. The first-order chi connectivity index (χ1) is 12.5. The van der Waals surface area contributed by atoms with Crippen molar-refractivity contribution in [3.63, 3.8) is 0 Å². The van der Waals surface area contributed by atoms with E-state index >= 15 is 0 Å². The topological polar surface area (TPSA) is 74.3 Å². The van der Waals surface area contributed by atoms with Crippen molar-refractivity contribution in [3.8, 4) is 0 Å². The minimum absolute atomic E-state index is 0.107. The van der Waals surface area contributed by atoms with E-state index in [0.717, 1.165) is 18.4 Å². The fourth-order valence-corrected chi connectivity index (χ4v) is 3.51. The highest BCUT2D eigenvalue weighted by molar-refractivity contribution is 7.13. The number of carbonyl (C=O) groups excluding carboxylic acids is 2. The summed E-state index contributed by atoms with van der Waals surface area (Å²) < 4.78 is 13.0. The lowest BCUT2D eigenvalue weighted by atomic mass is 9.97. The van der Waals surface area contributed by atoms with Gasteiger partial charge in [0, 0.05) is 24.7 Å². The van der Waals surface area contributed by atoms with Crippen LogP contribution >= 0.6 is 11.3 Å². The maximum Gasteiger partial charge on any atom is 0.317 e. The SMILES string of the molecule is C[C@@H](NC(=O)N1CCC[C@H](C(=O)Nc2nccs2)C1)c1ccc(F)cc1. The third kappa shape index (κ3) is 4.57. The average Bonchev–Trinajstić information content (AvgIpc) is 3.15. The fraction of sp³-hybridized carbons (Fsp3) is 0.389. The first-order valence-electron chi connectivity index (χ1n) is 8.54. The van der Waals surface area contributed by atoms with Crippen LogP contribution in [-0.2, 0) is 4.79 Å². The molecule has 0 radical (unpaired) electrons. The van der Waals surface area contributed by atoms with Crippen molar-refractivity contribution in [2.24, 2.45) is 5.92 Å². The molecule has 0 spiro atoms. The van der Waals surface area contributed by atoms with Gasteiger partial charge in [-0.3, -0.25) is 4.79 Å². The number of halogens is 1. The van der Waals surface area contributed by atoms with Gasteiger partial charge in [0.2, 0.25) is 5.91 Å². The Hall–Kier alpha value is -2.48. The van der Waals surface area contributed by atoms with Gasteiger partial charge < -0.3 is 15.5 Å². The van der Waals surface area contributed by atoms with Gasteiger partial charge in [-0.1, -0.05) is 12.1 Å². The molecule has 0 bridgehead atoms. The molecule has 3 rings (SSSR count). The van der Waals surface area contributed by atoms with E-state index in [9.17, 15) is 14.0 Å². The Morgan fingerprint density at radius 3 is 2.81 bits per heavy atom. The second-order valence-corrected chi connectivity index (χ2v) is 7.23. The number of benzene rings is 1. The second-order valence-electron chi connectivity index (χ2n) is 6.33. The van der Waals surface area contributed by atoms with E-state index < -0.39 is 0 Å². The number of urea groups is 1. The van der Waals surface area contributed by atoms with E-state index in [1.807, 2.05) is 6.92 Å². The number of thiazole rings is 1. The Kier molecular flexibility index (Phi) is 5.82. The Morgan fingerprint density at radius 2 is 2.12 bits per heavy atom. The summed E-state index contributed by atoms with van der Waals surface area (Å²) in [5.41, 5.74) is 0.829. The standard InChI is InChI=1S/C18H21FN4O2S/c1-12(13-4-6-15(19)7-5-13)21-18(25)23-9-2-3-14(11-23)16(24)22-17-20-8-10-26-17/h4-8,10,12,14H,2-3,9,11H2,1H3,(H,21,25)(H,20,22,24)/t12-,14+/m1/s1. The Labute approximate surface area is 155 Å². The monoisotopic (exact) mass is 376 g/mol. The first-order valence-corrected chi connectivity index (χ1v) is 9.42. The van der Waals surface area contributed by atoms with Gasteiger partial charge in [0.05, 0.1) is 12.0 Å². The molecule has 1 aliphatic heterocycles.